The van der Waals surface area contributed by atoms with E-state index >= 15 is 0 Å². The Bertz CT molecular complexity index is 790. The highest BCUT2D eigenvalue weighted by Gasteiger charge is 2.16. The summed E-state index contributed by atoms with van der Waals surface area (Å²) in [4.78, 5) is 4.51. The molecule has 2 aromatic carbocycles. The molecule has 0 aliphatic rings. The van der Waals surface area contributed by atoms with Crippen LogP contribution in [0.1, 0.15) is 31.3 Å². The van der Waals surface area contributed by atoms with Crippen LogP contribution >= 0.6 is 0 Å². The van der Waals surface area contributed by atoms with Gasteiger partial charge in [0.15, 0.2) is 5.82 Å². The molecule has 0 atom stereocenters. The summed E-state index contributed by atoms with van der Waals surface area (Å²) < 4.78 is 16.0. The van der Waals surface area contributed by atoms with E-state index in [-0.39, 0.29) is 11.9 Å². The topological polar surface area (TPSA) is 43.8 Å². The predicted molar refractivity (Wildman–Crippen MR) is 83.7 cm³/mol. The number of aromatic nitrogens is 2. The first-order chi connectivity index (χ1) is 10.1. The second-order valence-corrected chi connectivity index (χ2v) is 5.52. The standard InChI is InChI=1S/C17H18FN3/c1-11(2)21-15-8-4-7-14(18)17(15)20-16(21)10-12-5-3-6-13(19)9-12/h3-9,11H,10,19H2,1-2H3. The fraction of sp³-hybridized carbons (Fsp3) is 0.235. The average Bonchev–Trinajstić information content (AvgIpc) is 2.78. The molecule has 0 unspecified atom stereocenters. The van der Waals surface area contributed by atoms with E-state index in [0.29, 0.717) is 11.9 Å². The Morgan fingerprint density at radius 3 is 2.67 bits per heavy atom. The molecule has 2 N–H and O–H groups in total. The number of hydrogen-bond donors (Lipinski definition) is 1. The van der Waals surface area contributed by atoms with Crippen LogP contribution in [0.25, 0.3) is 11.0 Å². The minimum absolute atomic E-state index is 0.216. The second-order valence-electron chi connectivity index (χ2n) is 5.52. The Labute approximate surface area is 123 Å². The number of rotatable bonds is 3. The van der Waals surface area contributed by atoms with E-state index in [0.717, 1.165) is 22.6 Å². The molecule has 0 aliphatic carbocycles. The summed E-state index contributed by atoms with van der Waals surface area (Å²) in [6, 6.07) is 13.0. The van der Waals surface area contributed by atoms with Crippen molar-refractivity contribution >= 4 is 16.7 Å². The van der Waals surface area contributed by atoms with E-state index in [2.05, 4.69) is 23.4 Å². The Morgan fingerprint density at radius 2 is 1.95 bits per heavy atom. The molecule has 0 saturated carbocycles. The molecule has 3 rings (SSSR count). The van der Waals surface area contributed by atoms with Crippen LogP contribution in [0, 0.1) is 5.82 Å². The third-order valence-electron chi connectivity index (χ3n) is 3.57. The smallest absolute Gasteiger partial charge is 0.151 e. The van der Waals surface area contributed by atoms with E-state index in [1.165, 1.54) is 6.07 Å². The van der Waals surface area contributed by atoms with Gasteiger partial charge in [0, 0.05) is 18.2 Å². The molecule has 0 fully saturated rings. The zero-order valence-electron chi connectivity index (χ0n) is 12.2. The van der Waals surface area contributed by atoms with Crippen molar-refractivity contribution in [1.29, 1.82) is 0 Å². The zero-order valence-corrected chi connectivity index (χ0v) is 12.2. The van der Waals surface area contributed by atoms with Crippen LogP contribution in [-0.2, 0) is 6.42 Å². The van der Waals surface area contributed by atoms with E-state index in [9.17, 15) is 4.39 Å². The lowest BCUT2D eigenvalue weighted by molar-refractivity contribution is 0.591. The van der Waals surface area contributed by atoms with E-state index in [4.69, 9.17) is 5.73 Å². The molecule has 3 aromatic rings. The molecule has 0 radical (unpaired) electrons. The number of anilines is 1. The number of para-hydroxylation sites is 1. The molecule has 0 saturated heterocycles. The summed E-state index contributed by atoms with van der Waals surface area (Å²) in [5.41, 5.74) is 8.90. The fourth-order valence-electron chi connectivity index (χ4n) is 2.72. The Morgan fingerprint density at radius 1 is 1.19 bits per heavy atom. The molecule has 0 amide bonds. The van der Waals surface area contributed by atoms with Crippen molar-refractivity contribution in [1.82, 2.24) is 9.55 Å². The number of fused-ring (bicyclic) bond motifs is 1. The lowest BCUT2D eigenvalue weighted by Gasteiger charge is -2.13. The molecule has 0 aliphatic heterocycles. The molecule has 1 aromatic heterocycles. The predicted octanol–water partition coefficient (Wildman–Crippen LogP) is 3.93. The zero-order chi connectivity index (χ0) is 15.0. The molecular formula is C17H18FN3. The molecule has 21 heavy (non-hydrogen) atoms. The molecule has 0 spiro atoms. The van der Waals surface area contributed by atoms with Gasteiger partial charge >= 0.3 is 0 Å². The number of nitrogen functional groups attached to an aromatic ring is 1. The summed E-state index contributed by atoms with van der Waals surface area (Å²) in [5.74, 6) is 0.580. The molecule has 108 valence electrons. The van der Waals surface area contributed by atoms with Gasteiger partial charge in [0.25, 0.3) is 0 Å². The van der Waals surface area contributed by atoms with Gasteiger partial charge in [0.1, 0.15) is 11.3 Å². The van der Waals surface area contributed by atoms with E-state index < -0.39 is 0 Å². The van der Waals surface area contributed by atoms with Crippen molar-refractivity contribution in [2.45, 2.75) is 26.3 Å². The lowest BCUT2D eigenvalue weighted by Crippen LogP contribution is -2.07. The van der Waals surface area contributed by atoms with Crippen LogP contribution in [0.4, 0.5) is 10.1 Å². The van der Waals surface area contributed by atoms with Crippen molar-refractivity contribution in [3.05, 3.63) is 59.7 Å². The first-order valence-corrected chi connectivity index (χ1v) is 7.06. The highest BCUT2D eigenvalue weighted by atomic mass is 19.1. The molecule has 4 heteroatoms. The third kappa shape index (κ3) is 2.49. The largest absolute Gasteiger partial charge is 0.399 e. The van der Waals surface area contributed by atoms with Crippen LogP contribution in [0.5, 0.6) is 0 Å². The minimum Gasteiger partial charge on any atom is -0.399 e. The molecular weight excluding hydrogens is 265 g/mol. The summed E-state index contributed by atoms with van der Waals surface area (Å²) in [6.45, 7) is 4.16. The SMILES string of the molecule is CC(C)n1c(Cc2cccc(N)c2)nc2c(F)cccc21. The monoisotopic (exact) mass is 283 g/mol. The summed E-state index contributed by atoms with van der Waals surface area (Å²) >= 11 is 0. The maximum absolute atomic E-state index is 14.0. The summed E-state index contributed by atoms with van der Waals surface area (Å²) in [7, 11) is 0. The number of hydrogen-bond acceptors (Lipinski definition) is 2. The van der Waals surface area contributed by atoms with Crippen molar-refractivity contribution < 1.29 is 4.39 Å². The quantitative estimate of drug-likeness (QED) is 0.740. The Kier molecular flexibility index (Phi) is 3.37. The summed E-state index contributed by atoms with van der Waals surface area (Å²) in [6.07, 6.45) is 0.636. The minimum atomic E-state index is -0.277. The maximum Gasteiger partial charge on any atom is 0.151 e. The number of imidazole rings is 1. The number of nitrogens with zero attached hydrogens (tertiary/aromatic N) is 2. The van der Waals surface area contributed by atoms with E-state index in [1.54, 1.807) is 6.07 Å². The number of benzene rings is 2. The second kappa shape index (κ2) is 5.20. The van der Waals surface area contributed by atoms with Crippen LogP contribution < -0.4 is 5.73 Å². The number of nitrogens with two attached hydrogens (primary N) is 1. The Balaban J connectivity index is 2.13. The van der Waals surface area contributed by atoms with Gasteiger partial charge in [-0.05, 0) is 43.7 Å². The van der Waals surface area contributed by atoms with Gasteiger partial charge in [-0.25, -0.2) is 9.37 Å². The summed E-state index contributed by atoms with van der Waals surface area (Å²) in [5, 5.41) is 0. The van der Waals surface area contributed by atoms with Crippen LogP contribution in [0.2, 0.25) is 0 Å². The van der Waals surface area contributed by atoms with Crippen LogP contribution in [-0.4, -0.2) is 9.55 Å². The van der Waals surface area contributed by atoms with Gasteiger partial charge < -0.3 is 10.3 Å². The van der Waals surface area contributed by atoms with Crippen LogP contribution in [0.15, 0.2) is 42.5 Å². The highest BCUT2D eigenvalue weighted by molar-refractivity contribution is 5.77. The van der Waals surface area contributed by atoms with Gasteiger partial charge in [-0.1, -0.05) is 18.2 Å². The lowest BCUT2D eigenvalue weighted by atomic mass is 10.1. The first kappa shape index (κ1) is 13.6. The van der Waals surface area contributed by atoms with Gasteiger partial charge in [-0.3, -0.25) is 0 Å². The fourth-order valence-corrected chi connectivity index (χ4v) is 2.72. The third-order valence-corrected chi connectivity index (χ3v) is 3.57. The highest BCUT2D eigenvalue weighted by Crippen LogP contribution is 2.25. The van der Waals surface area contributed by atoms with Crippen LogP contribution in [0.3, 0.4) is 0 Å². The molecule has 3 nitrogen and oxygen atoms in total. The number of halogens is 1. The van der Waals surface area contributed by atoms with Crippen molar-refractivity contribution in [2.24, 2.45) is 0 Å². The maximum atomic E-state index is 14.0. The van der Waals surface area contributed by atoms with Crippen molar-refractivity contribution in [3.8, 4) is 0 Å². The van der Waals surface area contributed by atoms with Gasteiger partial charge in [-0.15, -0.1) is 0 Å². The van der Waals surface area contributed by atoms with Crippen molar-refractivity contribution in [2.75, 3.05) is 5.73 Å². The first-order valence-electron chi connectivity index (χ1n) is 7.06. The van der Waals surface area contributed by atoms with Gasteiger partial charge in [0.05, 0.1) is 5.52 Å². The van der Waals surface area contributed by atoms with Crippen molar-refractivity contribution in [3.63, 3.8) is 0 Å². The normalized spacial score (nSPS) is 11.4. The Hall–Kier alpha value is -2.36. The molecule has 1 heterocycles. The van der Waals surface area contributed by atoms with Gasteiger partial charge in [-0.2, -0.15) is 0 Å². The van der Waals surface area contributed by atoms with Gasteiger partial charge in [0.2, 0.25) is 0 Å². The molecule has 0 bridgehead atoms. The van der Waals surface area contributed by atoms with E-state index in [1.807, 2.05) is 30.3 Å². The average molecular weight is 283 g/mol.